The molecule has 2 aromatic rings. The summed E-state index contributed by atoms with van der Waals surface area (Å²) in [5, 5.41) is 3.55. The lowest BCUT2D eigenvalue weighted by Crippen LogP contribution is -2.26. The minimum Gasteiger partial charge on any atom is -0.472 e. The van der Waals surface area contributed by atoms with Crippen molar-refractivity contribution in [2.24, 2.45) is 0 Å². The number of hydrogen-bond acceptors (Lipinski definition) is 2. The summed E-state index contributed by atoms with van der Waals surface area (Å²) in [4.78, 5) is 0. The van der Waals surface area contributed by atoms with Crippen LogP contribution in [0.1, 0.15) is 42.0 Å². The lowest BCUT2D eigenvalue weighted by atomic mass is 9.74. The molecular weight excluding hydrogens is 222 g/mol. The first-order valence-corrected chi connectivity index (χ1v) is 6.71. The van der Waals surface area contributed by atoms with E-state index in [0.717, 1.165) is 13.0 Å². The van der Waals surface area contributed by atoms with Gasteiger partial charge in [-0.15, -0.1) is 0 Å². The molecule has 0 radical (unpaired) electrons. The van der Waals surface area contributed by atoms with E-state index in [0.29, 0.717) is 12.0 Å². The molecule has 1 heterocycles. The number of nitrogens with one attached hydrogen (secondary N) is 1. The van der Waals surface area contributed by atoms with Crippen LogP contribution in [0.5, 0.6) is 0 Å². The highest BCUT2D eigenvalue weighted by Crippen LogP contribution is 2.40. The van der Waals surface area contributed by atoms with E-state index in [1.807, 2.05) is 6.26 Å². The quantitative estimate of drug-likeness (QED) is 0.864. The lowest BCUT2D eigenvalue weighted by molar-refractivity contribution is 0.431. The summed E-state index contributed by atoms with van der Waals surface area (Å²) in [6.07, 6.45) is 5.99. The molecule has 0 spiro atoms. The first-order chi connectivity index (χ1) is 8.88. The van der Waals surface area contributed by atoms with Crippen molar-refractivity contribution in [2.75, 3.05) is 6.54 Å². The standard InChI is InChI=1S/C16H19NO/c1-2-17-16(13-7-8-18-11-13)10-14-9-12-5-3-4-6-15(12)14/h3-8,11,14,16-17H,2,9-10H2,1H3. The second kappa shape index (κ2) is 4.99. The Morgan fingerprint density at radius 3 is 2.94 bits per heavy atom. The van der Waals surface area contributed by atoms with Crippen molar-refractivity contribution in [3.63, 3.8) is 0 Å². The zero-order valence-electron chi connectivity index (χ0n) is 10.7. The fraction of sp³-hybridized carbons (Fsp3) is 0.375. The minimum absolute atomic E-state index is 0.409. The van der Waals surface area contributed by atoms with Gasteiger partial charge in [-0.1, -0.05) is 31.2 Å². The van der Waals surface area contributed by atoms with Crippen LogP contribution in [0.15, 0.2) is 47.3 Å². The second-order valence-electron chi connectivity index (χ2n) is 5.00. The molecular formula is C16H19NO. The third-order valence-corrected chi connectivity index (χ3v) is 3.88. The van der Waals surface area contributed by atoms with E-state index < -0.39 is 0 Å². The van der Waals surface area contributed by atoms with Gasteiger partial charge in [0.25, 0.3) is 0 Å². The Balaban J connectivity index is 1.72. The minimum atomic E-state index is 0.409. The molecule has 1 aromatic heterocycles. The van der Waals surface area contributed by atoms with E-state index >= 15 is 0 Å². The highest BCUT2D eigenvalue weighted by Gasteiger charge is 2.28. The molecule has 1 aliphatic carbocycles. The van der Waals surface area contributed by atoms with E-state index in [2.05, 4.69) is 42.6 Å². The number of furan rings is 1. The molecule has 2 nitrogen and oxygen atoms in total. The van der Waals surface area contributed by atoms with Gasteiger partial charge >= 0.3 is 0 Å². The van der Waals surface area contributed by atoms with Crippen LogP contribution < -0.4 is 5.32 Å². The van der Waals surface area contributed by atoms with Gasteiger partial charge in [-0.05, 0) is 42.5 Å². The SMILES string of the molecule is CCNC(CC1Cc2ccccc21)c1ccoc1. The maximum Gasteiger partial charge on any atom is 0.0950 e. The fourth-order valence-electron chi connectivity index (χ4n) is 2.91. The second-order valence-corrected chi connectivity index (χ2v) is 5.00. The van der Waals surface area contributed by atoms with Crippen molar-refractivity contribution in [1.82, 2.24) is 5.32 Å². The summed E-state index contributed by atoms with van der Waals surface area (Å²) >= 11 is 0. The maximum absolute atomic E-state index is 5.20. The van der Waals surface area contributed by atoms with Gasteiger partial charge in [-0.2, -0.15) is 0 Å². The molecule has 0 amide bonds. The molecule has 0 saturated heterocycles. The molecule has 1 aliphatic rings. The third-order valence-electron chi connectivity index (χ3n) is 3.88. The molecule has 18 heavy (non-hydrogen) atoms. The van der Waals surface area contributed by atoms with Crippen LogP contribution in [-0.2, 0) is 6.42 Å². The van der Waals surface area contributed by atoms with Gasteiger partial charge in [0.15, 0.2) is 0 Å². The van der Waals surface area contributed by atoms with Gasteiger partial charge in [0, 0.05) is 11.6 Å². The lowest BCUT2D eigenvalue weighted by Gasteiger charge is -2.33. The van der Waals surface area contributed by atoms with E-state index in [9.17, 15) is 0 Å². The van der Waals surface area contributed by atoms with Gasteiger partial charge in [0.2, 0.25) is 0 Å². The largest absolute Gasteiger partial charge is 0.472 e. The number of fused-ring (bicyclic) bond motifs is 1. The van der Waals surface area contributed by atoms with Gasteiger partial charge in [0.1, 0.15) is 0 Å². The van der Waals surface area contributed by atoms with Crippen LogP contribution in [0.3, 0.4) is 0 Å². The molecule has 2 atom stereocenters. The summed E-state index contributed by atoms with van der Waals surface area (Å²) in [6.45, 7) is 3.14. The Morgan fingerprint density at radius 1 is 1.33 bits per heavy atom. The predicted octanol–water partition coefficient (Wildman–Crippen LogP) is 3.66. The molecule has 2 heteroatoms. The van der Waals surface area contributed by atoms with Gasteiger partial charge in [0.05, 0.1) is 12.5 Å². The number of benzene rings is 1. The molecule has 3 rings (SSSR count). The smallest absolute Gasteiger partial charge is 0.0950 e. The topological polar surface area (TPSA) is 25.2 Å². The highest BCUT2D eigenvalue weighted by molar-refractivity contribution is 5.40. The first kappa shape index (κ1) is 11.5. The van der Waals surface area contributed by atoms with E-state index in [4.69, 9.17) is 4.42 Å². The molecule has 0 saturated carbocycles. The van der Waals surface area contributed by atoms with E-state index in [1.165, 1.54) is 23.1 Å². The van der Waals surface area contributed by atoms with E-state index in [1.54, 1.807) is 6.26 Å². The first-order valence-electron chi connectivity index (χ1n) is 6.71. The summed E-state index contributed by atoms with van der Waals surface area (Å²) < 4.78 is 5.20. The average molecular weight is 241 g/mol. The maximum atomic E-state index is 5.20. The number of hydrogen-bond donors (Lipinski definition) is 1. The summed E-state index contributed by atoms with van der Waals surface area (Å²) in [7, 11) is 0. The highest BCUT2D eigenvalue weighted by atomic mass is 16.3. The van der Waals surface area contributed by atoms with Crippen LogP contribution in [0.4, 0.5) is 0 Å². The Morgan fingerprint density at radius 2 is 2.22 bits per heavy atom. The number of rotatable bonds is 5. The predicted molar refractivity (Wildman–Crippen MR) is 72.6 cm³/mol. The van der Waals surface area contributed by atoms with Crippen LogP contribution in [0.25, 0.3) is 0 Å². The third kappa shape index (κ3) is 2.08. The molecule has 2 unspecified atom stereocenters. The Hall–Kier alpha value is -1.54. The van der Waals surface area contributed by atoms with Crippen LogP contribution in [0.2, 0.25) is 0 Å². The Kier molecular flexibility index (Phi) is 3.20. The van der Waals surface area contributed by atoms with Gasteiger partial charge < -0.3 is 9.73 Å². The van der Waals surface area contributed by atoms with Crippen molar-refractivity contribution < 1.29 is 4.42 Å². The Labute approximate surface area is 108 Å². The van der Waals surface area contributed by atoms with Crippen LogP contribution in [-0.4, -0.2) is 6.54 Å². The molecule has 0 fully saturated rings. The molecule has 94 valence electrons. The normalized spacial score (nSPS) is 19.1. The van der Waals surface area contributed by atoms with Gasteiger partial charge in [-0.3, -0.25) is 0 Å². The average Bonchev–Trinajstić information content (AvgIpc) is 2.88. The van der Waals surface area contributed by atoms with E-state index in [-0.39, 0.29) is 0 Å². The monoisotopic (exact) mass is 241 g/mol. The fourth-order valence-corrected chi connectivity index (χ4v) is 2.91. The summed E-state index contributed by atoms with van der Waals surface area (Å²) in [5.74, 6) is 0.695. The van der Waals surface area contributed by atoms with Gasteiger partial charge in [-0.25, -0.2) is 0 Å². The Bertz CT molecular complexity index is 504. The van der Waals surface area contributed by atoms with Crippen molar-refractivity contribution in [1.29, 1.82) is 0 Å². The molecule has 1 aromatic carbocycles. The van der Waals surface area contributed by atoms with Crippen LogP contribution >= 0.6 is 0 Å². The van der Waals surface area contributed by atoms with Crippen LogP contribution in [0, 0.1) is 0 Å². The molecule has 0 aliphatic heterocycles. The van der Waals surface area contributed by atoms with Crippen molar-refractivity contribution in [3.8, 4) is 0 Å². The van der Waals surface area contributed by atoms with Crippen molar-refractivity contribution in [3.05, 3.63) is 59.5 Å². The molecule has 1 N–H and O–H groups in total. The van der Waals surface area contributed by atoms with Crippen molar-refractivity contribution >= 4 is 0 Å². The summed E-state index contributed by atoms with van der Waals surface area (Å²) in [6, 6.07) is 11.3. The zero-order chi connectivity index (χ0) is 12.4. The molecule has 0 bridgehead atoms. The zero-order valence-corrected chi connectivity index (χ0v) is 10.7. The summed E-state index contributed by atoms with van der Waals surface area (Å²) in [5.41, 5.74) is 4.31. The van der Waals surface area contributed by atoms with Crippen molar-refractivity contribution in [2.45, 2.75) is 31.7 Å².